The molecule has 100 valence electrons. The first-order chi connectivity index (χ1) is 8.11. The van der Waals surface area contributed by atoms with E-state index in [9.17, 15) is 5.11 Å². The maximum absolute atomic E-state index is 10.2. The zero-order valence-corrected chi connectivity index (χ0v) is 11.4. The molecule has 3 nitrogen and oxygen atoms in total. The lowest BCUT2D eigenvalue weighted by Gasteiger charge is -2.45. The van der Waals surface area contributed by atoms with Crippen LogP contribution in [-0.2, 0) is 4.74 Å². The lowest BCUT2D eigenvalue weighted by atomic mass is 9.82. The Morgan fingerprint density at radius 1 is 1.18 bits per heavy atom. The van der Waals surface area contributed by atoms with Crippen LogP contribution in [0.5, 0.6) is 0 Å². The summed E-state index contributed by atoms with van der Waals surface area (Å²) < 4.78 is 5.56. The fourth-order valence-electron chi connectivity index (χ4n) is 3.39. The second-order valence-corrected chi connectivity index (χ2v) is 6.09. The maximum atomic E-state index is 10.2. The van der Waals surface area contributed by atoms with Crippen LogP contribution in [0.3, 0.4) is 0 Å². The molecular formula is C14H27NO2. The van der Waals surface area contributed by atoms with E-state index >= 15 is 0 Å². The summed E-state index contributed by atoms with van der Waals surface area (Å²) in [6.45, 7) is 6.69. The van der Waals surface area contributed by atoms with Crippen molar-refractivity contribution < 1.29 is 9.84 Å². The van der Waals surface area contributed by atoms with Crippen molar-refractivity contribution in [3.05, 3.63) is 0 Å². The van der Waals surface area contributed by atoms with Gasteiger partial charge in [-0.3, -0.25) is 4.90 Å². The number of aliphatic hydroxyl groups excluding tert-OH is 1. The molecule has 2 aliphatic rings. The van der Waals surface area contributed by atoms with E-state index in [0.717, 1.165) is 31.8 Å². The maximum Gasteiger partial charge on any atom is 0.0724 e. The smallest absolute Gasteiger partial charge is 0.0724 e. The quantitative estimate of drug-likeness (QED) is 0.801. The lowest BCUT2D eigenvalue weighted by Crippen LogP contribution is -2.54. The first kappa shape index (κ1) is 13.3. The summed E-state index contributed by atoms with van der Waals surface area (Å²) in [4.78, 5) is 2.47. The van der Waals surface area contributed by atoms with Gasteiger partial charge in [-0.05, 0) is 44.1 Å². The number of ether oxygens (including phenoxy) is 1. The van der Waals surface area contributed by atoms with Gasteiger partial charge < -0.3 is 9.84 Å². The van der Waals surface area contributed by atoms with Gasteiger partial charge in [0.25, 0.3) is 0 Å². The number of piperidine rings is 1. The van der Waals surface area contributed by atoms with Crippen LogP contribution in [0.25, 0.3) is 0 Å². The number of hydrogen-bond donors (Lipinski definition) is 1. The third-order valence-corrected chi connectivity index (χ3v) is 4.74. The Morgan fingerprint density at radius 2 is 1.94 bits per heavy atom. The van der Waals surface area contributed by atoms with Crippen LogP contribution >= 0.6 is 0 Å². The van der Waals surface area contributed by atoms with Gasteiger partial charge in [0, 0.05) is 19.7 Å². The van der Waals surface area contributed by atoms with Crippen LogP contribution in [0.2, 0.25) is 0 Å². The van der Waals surface area contributed by atoms with Crippen molar-refractivity contribution in [1.29, 1.82) is 0 Å². The van der Waals surface area contributed by atoms with E-state index in [0.29, 0.717) is 18.1 Å². The van der Waals surface area contributed by atoms with Crippen LogP contribution in [0.4, 0.5) is 0 Å². The first-order valence-electron chi connectivity index (χ1n) is 7.06. The highest BCUT2D eigenvalue weighted by Crippen LogP contribution is 2.31. The SMILES string of the molecule is COC1CN(C2CC(C)CCC2O)CCC1C. The molecule has 0 aromatic carbocycles. The zero-order chi connectivity index (χ0) is 12.4. The Labute approximate surface area is 105 Å². The Morgan fingerprint density at radius 3 is 2.65 bits per heavy atom. The van der Waals surface area contributed by atoms with Gasteiger partial charge in [-0.15, -0.1) is 0 Å². The van der Waals surface area contributed by atoms with Gasteiger partial charge in [-0.2, -0.15) is 0 Å². The van der Waals surface area contributed by atoms with Crippen LogP contribution < -0.4 is 0 Å². The summed E-state index contributed by atoms with van der Waals surface area (Å²) in [6, 6.07) is 0.365. The Kier molecular flexibility index (Phi) is 4.45. The van der Waals surface area contributed by atoms with Crippen molar-refractivity contribution in [2.75, 3.05) is 20.2 Å². The molecule has 0 spiro atoms. The molecule has 1 aliphatic carbocycles. The topological polar surface area (TPSA) is 32.7 Å². The fraction of sp³-hybridized carbons (Fsp3) is 1.00. The highest BCUT2D eigenvalue weighted by Gasteiger charge is 2.36. The third-order valence-electron chi connectivity index (χ3n) is 4.74. The van der Waals surface area contributed by atoms with Crippen LogP contribution in [-0.4, -0.2) is 48.5 Å². The zero-order valence-electron chi connectivity index (χ0n) is 11.4. The van der Waals surface area contributed by atoms with E-state index in [1.807, 2.05) is 7.11 Å². The molecule has 1 aliphatic heterocycles. The molecule has 0 aromatic rings. The van der Waals surface area contributed by atoms with Crippen molar-refractivity contribution in [3.63, 3.8) is 0 Å². The standard InChI is InChI=1S/C14H27NO2/c1-10-4-5-13(16)12(8-10)15-7-6-11(2)14(9-15)17-3/h10-14,16H,4-9H2,1-3H3. The van der Waals surface area contributed by atoms with Gasteiger partial charge >= 0.3 is 0 Å². The predicted molar refractivity (Wildman–Crippen MR) is 69.0 cm³/mol. The Balaban J connectivity index is 1.96. The Hall–Kier alpha value is -0.120. The highest BCUT2D eigenvalue weighted by atomic mass is 16.5. The molecule has 3 heteroatoms. The molecule has 2 rings (SSSR count). The van der Waals surface area contributed by atoms with Gasteiger partial charge in [0.2, 0.25) is 0 Å². The van der Waals surface area contributed by atoms with E-state index in [1.165, 1.54) is 12.8 Å². The molecule has 5 unspecified atom stereocenters. The molecule has 1 N–H and O–H groups in total. The fourth-order valence-corrected chi connectivity index (χ4v) is 3.39. The van der Waals surface area contributed by atoms with Crippen LogP contribution in [0.1, 0.15) is 39.5 Å². The van der Waals surface area contributed by atoms with Crippen molar-refractivity contribution >= 4 is 0 Å². The first-order valence-corrected chi connectivity index (χ1v) is 7.06. The summed E-state index contributed by atoms with van der Waals surface area (Å²) in [5.41, 5.74) is 0. The van der Waals surface area contributed by atoms with Crippen molar-refractivity contribution in [1.82, 2.24) is 4.90 Å². The van der Waals surface area contributed by atoms with Crippen LogP contribution in [0, 0.1) is 11.8 Å². The van der Waals surface area contributed by atoms with E-state index in [2.05, 4.69) is 18.7 Å². The van der Waals surface area contributed by atoms with Gasteiger partial charge in [0.15, 0.2) is 0 Å². The minimum atomic E-state index is -0.128. The van der Waals surface area contributed by atoms with Crippen molar-refractivity contribution in [3.8, 4) is 0 Å². The molecule has 2 fully saturated rings. The van der Waals surface area contributed by atoms with Gasteiger partial charge in [0.1, 0.15) is 0 Å². The summed E-state index contributed by atoms with van der Waals surface area (Å²) in [5.74, 6) is 1.40. The number of hydrogen-bond acceptors (Lipinski definition) is 3. The van der Waals surface area contributed by atoms with E-state index in [-0.39, 0.29) is 6.10 Å². The molecule has 17 heavy (non-hydrogen) atoms. The molecule has 5 atom stereocenters. The molecule has 0 amide bonds. The summed E-state index contributed by atoms with van der Waals surface area (Å²) >= 11 is 0. The van der Waals surface area contributed by atoms with E-state index in [4.69, 9.17) is 4.74 Å². The molecule has 0 radical (unpaired) electrons. The normalized spacial score (nSPS) is 44.8. The molecule has 1 saturated heterocycles. The number of rotatable bonds is 2. The molecule has 1 heterocycles. The number of likely N-dealkylation sites (tertiary alicyclic amines) is 1. The summed E-state index contributed by atoms with van der Waals surface area (Å²) in [5, 5.41) is 10.2. The van der Waals surface area contributed by atoms with E-state index in [1.54, 1.807) is 0 Å². The van der Waals surface area contributed by atoms with Gasteiger partial charge in [-0.1, -0.05) is 13.8 Å². The minimum absolute atomic E-state index is 0.128. The van der Waals surface area contributed by atoms with Gasteiger partial charge in [-0.25, -0.2) is 0 Å². The summed E-state index contributed by atoms with van der Waals surface area (Å²) in [7, 11) is 1.81. The average molecular weight is 241 g/mol. The second kappa shape index (κ2) is 5.68. The second-order valence-electron chi connectivity index (χ2n) is 6.09. The average Bonchev–Trinajstić information content (AvgIpc) is 2.33. The lowest BCUT2D eigenvalue weighted by molar-refractivity contribution is -0.0591. The minimum Gasteiger partial charge on any atom is -0.391 e. The number of aliphatic hydroxyl groups is 1. The van der Waals surface area contributed by atoms with E-state index < -0.39 is 0 Å². The number of methoxy groups -OCH3 is 1. The molecular weight excluding hydrogens is 214 g/mol. The Bertz CT molecular complexity index is 246. The summed E-state index contributed by atoms with van der Waals surface area (Å²) in [6.07, 6.45) is 4.69. The van der Waals surface area contributed by atoms with Crippen molar-refractivity contribution in [2.24, 2.45) is 11.8 Å². The van der Waals surface area contributed by atoms with Crippen molar-refractivity contribution in [2.45, 2.75) is 57.8 Å². The predicted octanol–water partition coefficient (Wildman–Crippen LogP) is 1.89. The molecule has 0 aromatic heterocycles. The largest absolute Gasteiger partial charge is 0.391 e. The molecule has 0 bridgehead atoms. The molecule has 1 saturated carbocycles. The highest BCUT2D eigenvalue weighted by molar-refractivity contribution is 4.90. The number of nitrogens with zero attached hydrogens (tertiary/aromatic N) is 1. The van der Waals surface area contributed by atoms with Crippen LogP contribution in [0.15, 0.2) is 0 Å². The third kappa shape index (κ3) is 3.01. The monoisotopic (exact) mass is 241 g/mol. The van der Waals surface area contributed by atoms with Gasteiger partial charge in [0.05, 0.1) is 12.2 Å².